The van der Waals surface area contributed by atoms with Gasteiger partial charge < -0.3 is 9.73 Å². The van der Waals surface area contributed by atoms with Crippen molar-refractivity contribution in [1.82, 2.24) is 0 Å². The first-order valence-electron chi connectivity index (χ1n) is 6.51. The maximum absolute atomic E-state index is 11.9. The zero-order valence-electron chi connectivity index (χ0n) is 12.0. The van der Waals surface area contributed by atoms with Crippen LogP contribution in [0.15, 0.2) is 40.8 Å². The van der Waals surface area contributed by atoms with Crippen LogP contribution in [-0.2, 0) is 0 Å². The number of carbonyl (C=O) groups is 1. The summed E-state index contributed by atoms with van der Waals surface area (Å²) < 4.78 is 5.31. The molecule has 0 saturated carbocycles. The quantitative estimate of drug-likeness (QED) is 0.858. The standard InChI is InChI=1S/C13H13NO2.C3H8/c1-9-8-12(10(2)16-9)13(15)14-11-6-4-3-5-7-11;1-3-2/h3-8H,1-2H3,(H,14,15);3H2,1-2H3. The highest BCUT2D eigenvalue weighted by molar-refractivity contribution is 6.05. The number of anilines is 1. The maximum Gasteiger partial charge on any atom is 0.259 e. The van der Waals surface area contributed by atoms with Crippen molar-refractivity contribution in [3.63, 3.8) is 0 Å². The number of nitrogens with one attached hydrogen (secondary N) is 1. The molecule has 2 rings (SSSR count). The summed E-state index contributed by atoms with van der Waals surface area (Å²) in [5, 5.41) is 2.81. The van der Waals surface area contributed by atoms with Crippen LogP contribution in [0.4, 0.5) is 5.69 Å². The van der Waals surface area contributed by atoms with Crippen molar-refractivity contribution in [1.29, 1.82) is 0 Å². The van der Waals surface area contributed by atoms with E-state index in [9.17, 15) is 4.79 Å². The molecule has 0 fully saturated rings. The van der Waals surface area contributed by atoms with Crippen LogP contribution in [-0.4, -0.2) is 5.91 Å². The van der Waals surface area contributed by atoms with Crippen molar-refractivity contribution in [2.24, 2.45) is 0 Å². The second-order valence-corrected chi connectivity index (χ2v) is 4.35. The number of hydrogen-bond acceptors (Lipinski definition) is 2. The van der Waals surface area contributed by atoms with E-state index in [0.717, 1.165) is 11.4 Å². The number of rotatable bonds is 2. The molecule has 102 valence electrons. The number of amides is 1. The monoisotopic (exact) mass is 259 g/mol. The predicted octanol–water partition coefficient (Wildman–Crippen LogP) is 4.57. The van der Waals surface area contributed by atoms with Crippen molar-refractivity contribution < 1.29 is 9.21 Å². The van der Waals surface area contributed by atoms with E-state index < -0.39 is 0 Å². The minimum absolute atomic E-state index is 0.138. The molecule has 3 heteroatoms. The Labute approximate surface area is 114 Å². The Hall–Kier alpha value is -2.03. The molecule has 0 spiro atoms. The van der Waals surface area contributed by atoms with Gasteiger partial charge >= 0.3 is 0 Å². The number of hydrogen-bond donors (Lipinski definition) is 1. The van der Waals surface area contributed by atoms with Crippen LogP contribution in [0.5, 0.6) is 0 Å². The molecule has 0 radical (unpaired) electrons. The van der Waals surface area contributed by atoms with Gasteiger partial charge in [0.15, 0.2) is 0 Å². The third-order valence-electron chi connectivity index (χ3n) is 2.32. The molecular weight excluding hydrogens is 238 g/mol. The minimum atomic E-state index is -0.138. The van der Waals surface area contributed by atoms with Gasteiger partial charge in [0, 0.05) is 5.69 Å². The normalized spacial score (nSPS) is 9.47. The molecule has 0 saturated heterocycles. The van der Waals surface area contributed by atoms with Gasteiger partial charge in [0.25, 0.3) is 5.91 Å². The summed E-state index contributed by atoms with van der Waals surface area (Å²) in [4.78, 5) is 11.9. The van der Waals surface area contributed by atoms with E-state index in [1.807, 2.05) is 37.3 Å². The van der Waals surface area contributed by atoms with Gasteiger partial charge in [0.1, 0.15) is 11.5 Å². The lowest BCUT2D eigenvalue weighted by Gasteiger charge is -2.03. The fraction of sp³-hybridized carbons (Fsp3) is 0.312. The molecule has 0 aliphatic carbocycles. The van der Waals surface area contributed by atoms with Crippen LogP contribution >= 0.6 is 0 Å². The van der Waals surface area contributed by atoms with Crippen molar-refractivity contribution in [3.8, 4) is 0 Å². The summed E-state index contributed by atoms with van der Waals surface area (Å²) in [6.07, 6.45) is 1.25. The molecule has 0 aliphatic heterocycles. The van der Waals surface area contributed by atoms with Gasteiger partial charge in [-0.05, 0) is 32.0 Å². The molecule has 1 heterocycles. The van der Waals surface area contributed by atoms with Crippen molar-refractivity contribution in [3.05, 3.63) is 53.5 Å². The van der Waals surface area contributed by atoms with Crippen LogP contribution in [0.3, 0.4) is 0 Å². The first kappa shape index (κ1) is 15.0. The molecule has 1 N–H and O–H groups in total. The Kier molecular flexibility index (Phi) is 5.86. The predicted molar refractivity (Wildman–Crippen MR) is 78.5 cm³/mol. The van der Waals surface area contributed by atoms with Gasteiger partial charge in [0.05, 0.1) is 5.56 Å². The molecule has 0 aliphatic rings. The number of para-hydroxylation sites is 1. The van der Waals surface area contributed by atoms with Crippen molar-refractivity contribution in [2.75, 3.05) is 5.32 Å². The lowest BCUT2D eigenvalue weighted by molar-refractivity contribution is 0.102. The molecule has 3 nitrogen and oxygen atoms in total. The molecular formula is C16H21NO2. The Balaban J connectivity index is 0.000000550. The average molecular weight is 259 g/mol. The molecule has 0 bridgehead atoms. The van der Waals surface area contributed by atoms with Crippen LogP contribution in [0, 0.1) is 13.8 Å². The SMILES string of the molecule is CCC.Cc1cc(C(=O)Nc2ccccc2)c(C)o1. The zero-order chi connectivity index (χ0) is 14.3. The largest absolute Gasteiger partial charge is 0.466 e. The molecule has 2 aromatic rings. The highest BCUT2D eigenvalue weighted by Crippen LogP contribution is 2.15. The summed E-state index contributed by atoms with van der Waals surface area (Å²) in [5.41, 5.74) is 1.37. The Bertz CT molecular complexity index is 515. The maximum atomic E-state index is 11.9. The van der Waals surface area contributed by atoms with Crippen LogP contribution in [0.1, 0.15) is 42.1 Å². The zero-order valence-corrected chi connectivity index (χ0v) is 12.0. The number of benzene rings is 1. The highest BCUT2D eigenvalue weighted by atomic mass is 16.3. The Morgan fingerprint density at radius 1 is 1.16 bits per heavy atom. The Morgan fingerprint density at radius 3 is 2.21 bits per heavy atom. The van der Waals surface area contributed by atoms with E-state index >= 15 is 0 Å². The van der Waals surface area contributed by atoms with E-state index in [-0.39, 0.29) is 5.91 Å². The highest BCUT2D eigenvalue weighted by Gasteiger charge is 2.13. The van der Waals surface area contributed by atoms with E-state index in [0.29, 0.717) is 11.3 Å². The summed E-state index contributed by atoms with van der Waals surface area (Å²) >= 11 is 0. The first-order valence-corrected chi connectivity index (χ1v) is 6.51. The van der Waals surface area contributed by atoms with Crippen molar-refractivity contribution >= 4 is 11.6 Å². The second kappa shape index (κ2) is 7.41. The van der Waals surface area contributed by atoms with Gasteiger partial charge in [-0.3, -0.25) is 4.79 Å². The molecule has 1 aromatic heterocycles. The smallest absolute Gasteiger partial charge is 0.259 e. The summed E-state index contributed by atoms with van der Waals surface area (Å²) in [5.74, 6) is 1.25. The fourth-order valence-corrected chi connectivity index (χ4v) is 1.58. The molecule has 0 unspecified atom stereocenters. The second-order valence-electron chi connectivity index (χ2n) is 4.35. The molecule has 1 amide bonds. The van der Waals surface area contributed by atoms with Gasteiger partial charge in [-0.15, -0.1) is 0 Å². The van der Waals surface area contributed by atoms with Gasteiger partial charge in [-0.25, -0.2) is 0 Å². The van der Waals surface area contributed by atoms with E-state index in [1.54, 1.807) is 13.0 Å². The lowest BCUT2D eigenvalue weighted by atomic mass is 10.2. The van der Waals surface area contributed by atoms with E-state index in [4.69, 9.17) is 4.42 Å². The van der Waals surface area contributed by atoms with Gasteiger partial charge in [-0.2, -0.15) is 0 Å². The molecule has 19 heavy (non-hydrogen) atoms. The third kappa shape index (κ3) is 4.62. The topological polar surface area (TPSA) is 42.2 Å². The first-order chi connectivity index (χ1) is 9.08. The third-order valence-corrected chi connectivity index (χ3v) is 2.32. The summed E-state index contributed by atoms with van der Waals surface area (Å²) in [7, 11) is 0. The lowest BCUT2D eigenvalue weighted by Crippen LogP contribution is -2.11. The fourth-order valence-electron chi connectivity index (χ4n) is 1.58. The number of furan rings is 1. The van der Waals surface area contributed by atoms with Crippen LogP contribution in [0.25, 0.3) is 0 Å². The van der Waals surface area contributed by atoms with Crippen LogP contribution in [0.2, 0.25) is 0 Å². The number of aryl methyl sites for hydroxylation is 2. The van der Waals surface area contributed by atoms with Gasteiger partial charge in [0.2, 0.25) is 0 Å². The number of carbonyl (C=O) groups excluding carboxylic acids is 1. The molecule has 0 atom stereocenters. The minimum Gasteiger partial charge on any atom is -0.466 e. The average Bonchev–Trinajstić information content (AvgIpc) is 2.71. The summed E-state index contributed by atoms with van der Waals surface area (Å²) in [6.45, 7) is 7.86. The molecule has 1 aromatic carbocycles. The van der Waals surface area contributed by atoms with Crippen LogP contribution < -0.4 is 5.32 Å². The Morgan fingerprint density at radius 2 is 1.74 bits per heavy atom. The van der Waals surface area contributed by atoms with E-state index in [1.165, 1.54) is 6.42 Å². The van der Waals surface area contributed by atoms with E-state index in [2.05, 4.69) is 19.2 Å². The van der Waals surface area contributed by atoms with Crippen molar-refractivity contribution in [2.45, 2.75) is 34.1 Å². The van der Waals surface area contributed by atoms with Gasteiger partial charge in [-0.1, -0.05) is 38.5 Å². The summed E-state index contributed by atoms with van der Waals surface area (Å²) in [6, 6.07) is 11.1.